The number of aromatic nitrogens is 3. The molecular formula is C24H22FN5O. The molecule has 5 rings (SSSR count). The number of likely N-dealkylation sites (tertiary alicyclic amines) is 1. The van der Waals surface area contributed by atoms with E-state index in [1.807, 2.05) is 49.5 Å². The van der Waals surface area contributed by atoms with Crippen LogP contribution in [0.2, 0.25) is 0 Å². The number of halogens is 1. The van der Waals surface area contributed by atoms with Crippen LogP contribution in [0, 0.1) is 5.82 Å². The van der Waals surface area contributed by atoms with Crippen LogP contribution in [0.1, 0.15) is 16.8 Å². The van der Waals surface area contributed by atoms with E-state index in [0.717, 1.165) is 34.1 Å². The van der Waals surface area contributed by atoms with Gasteiger partial charge in [0.25, 0.3) is 5.91 Å². The summed E-state index contributed by atoms with van der Waals surface area (Å²) in [6.07, 6.45) is 0.804. The minimum Gasteiger partial charge on any atom is -0.337 e. The van der Waals surface area contributed by atoms with Gasteiger partial charge in [-0.15, -0.1) is 5.10 Å². The van der Waals surface area contributed by atoms with Gasteiger partial charge in [-0.25, -0.2) is 9.07 Å². The summed E-state index contributed by atoms with van der Waals surface area (Å²) in [4.78, 5) is 14.8. The van der Waals surface area contributed by atoms with Gasteiger partial charge in [-0.2, -0.15) is 0 Å². The molecule has 1 aliphatic heterocycles. The van der Waals surface area contributed by atoms with Crippen molar-refractivity contribution in [1.82, 2.24) is 19.9 Å². The summed E-state index contributed by atoms with van der Waals surface area (Å²) in [6, 6.07) is 17.9. The first-order valence-corrected chi connectivity index (χ1v) is 10.2. The van der Waals surface area contributed by atoms with E-state index in [2.05, 4.69) is 10.3 Å². The molecule has 6 nitrogen and oxygen atoms in total. The molecule has 1 amide bonds. The predicted octanol–water partition coefficient (Wildman–Crippen LogP) is 3.61. The zero-order valence-corrected chi connectivity index (χ0v) is 17.1. The number of carbonyl (C=O) groups is 1. The average Bonchev–Trinajstić information content (AvgIpc) is 3.38. The van der Waals surface area contributed by atoms with Crippen molar-refractivity contribution in [3.63, 3.8) is 0 Å². The molecule has 7 heteroatoms. The Kier molecular flexibility index (Phi) is 4.75. The zero-order chi connectivity index (χ0) is 21.5. The minimum absolute atomic E-state index is 0.0182. The lowest BCUT2D eigenvalue weighted by Crippen LogP contribution is -2.31. The molecule has 1 aliphatic rings. The minimum atomic E-state index is -0.324. The van der Waals surface area contributed by atoms with E-state index in [4.69, 9.17) is 5.73 Å². The van der Waals surface area contributed by atoms with Crippen molar-refractivity contribution in [2.24, 2.45) is 12.8 Å². The van der Waals surface area contributed by atoms with E-state index in [9.17, 15) is 9.18 Å². The van der Waals surface area contributed by atoms with Crippen molar-refractivity contribution in [3.8, 4) is 22.3 Å². The fraction of sp³-hybridized carbons (Fsp3) is 0.208. The fourth-order valence-corrected chi connectivity index (χ4v) is 4.19. The number of aryl methyl sites for hydroxylation is 1. The Morgan fingerprint density at radius 1 is 1.06 bits per heavy atom. The van der Waals surface area contributed by atoms with Gasteiger partial charge in [0.15, 0.2) is 0 Å². The third kappa shape index (κ3) is 3.57. The van der Waals surface area contributed by atoms with Crippen molar-refractivity contribution in [3.05, 3.63) is 72.0 Å². The molecule has 0 aliphatic carbocycles. The molecular weight excluding hydrogens is 393 g/mol. The molecule has 0 radical (unpaired) electrons. The van der Waals surface area contributed by atoms with Crippen LogP contribution >= 0.6 is 0 Å². The highest BCUT2D eigenvalue weighted by Gasteiger charge is 2.25. The van der Waals surface area contributed by atoms with Gasteiger partial charge in [-0.05, 0) is 65.1 Å². The molecule has 31 heavy (non-hydrogen) atoms. The summed E-state index contributed by atoms with van der Waals surface area (Å²) in [5, 5.41) is 8.27. The summed E-state index contributed by atoms with van der Waals surface area (Å²) in [7, 11) is 1.85. The second-order valence-electron chi connectivity index (χ2n) is 7.99. The van der Waals surface area contributed by atoms with Crippen LogP contribution in [0.3, 0.4) is 0 Å². The summed E-state index contributed by atoms with van der Waals surface area (Å²) >= 11 is 0. The summed E-state index contributed by atoms with van der Waals surface area (Å²) in [6.45, 7) is 1.21. The lowest BCUT2D eigenvalue weighted by molar-refractivity contribution is 0.0791. The molecule has 0 spiro atoms. The molecule has 4 aromatic rings. The zero-order valence-electron chi connectivity index (χ0n) is 17.1. The maximum atomic E-state index is 14.0. The van der Waals surface area contributed by atoms with Gasteiger partial charge >= 0.3 is 0 Å². The van der Waals surface area contributed by atoms with Crippen LogP contribution in [0.5, 0.6) is 0 Å². The highest BCUT2D eigenvalue weighted by Crippen LogP contribution is 2.35. The lowest BCUT2D eigenvalue weighted by atomic mass is 9.92. The Morgan fingerprint density at radius 2 is 1.90 bits per heavy atom. The van der Waals surface area contributed by atoms with Gasteiger partial charge < -0.3 is 10.6 Å². The molecule has 3 aromatic carbocycles. The van der Waals surface area contributed by atoms with E-state index < -0.39 is 0 Å². The first kappa shape index (κ1) is 19.4. The second kappa shape index (κ2) is 7.59. The molecule has 1 saturated heterocycles. The maximum Gasteiger partial charge on any atom is 0.253 e. The van der Waals surface area contributed by atoms with Crippen molar-refractivity contribution in [2.45, 2.75) is 12.5 Å². The SMILES string of the molecule is Cn1nnc2cc(-c3ccc(C(=O)N4CC[C@H](N)C4)cc3-c3cccc(F)c3)ccc21. The number of nitrogens with two attached hydrogens (primary N) is 1. The van der Waals surface area contributed by atoms with Gasteiger partial charge in [0.05, 0.1) is 5.52 Å². The standard InChI is InChI=1S/C24H22FN5O/c1-29-23-8-6-16(13-22(23)27-28-29)20-7-5-17(24(31)30-10-9-19(26)14-30)12-21(20)15-3-2-4-18(25)11-15/h2-8,11-13,19H,9-10,14,26H2,1H3/t19-/m0/s1. The normalized spacial score (nSPS) is 16.2. The lowest BCUT2D eigenvalue weighted by Gasteiger charge is -2.18. The van der Waals surface area contributed by atoms with E-state index in [0.29, 0.717) is 24.2 Å². The quantitative estimate of drug-likeness (QED) is 0.555. The van der Waals surface area contributed by atoms with E-state index in [1.54, 1.807) is 15.6 Å². The Bertz CT molecular complexity index is 1300. The number of amides is 1. The maximum absolute atomic E-state index is 14.0. The highest BCUT2D eigenvalue weighted by atomic mass is 19.1. The molecule has 2 N–H and O–H groups in total. The van der Waals surface area contributed by atoms with Gasteiger partial charge in [0, 0.05) is 31.7 Å². The Hall–Kier alpha value is -3.58. The number of hydrogen-bond acceptors (Lipinski definition) is 4. The molecule has 1 fully saturated rings. The van der Waals surface area contributed by atoms with E-state index in [1.165, 1.54) is 12.1 Å². The molecule has 0 unspecified atom stereocenters. The second-order valence-corrected chi connectivity index (χ2v) is 7.99. The summed E-state index contributed by atoms with van der Waals surface area (Å²) < 4.78 is 15.8. The highest BCUT2D eigenvalue weighted by molar-refractivity contribution is 5.98. The Morgan fingerprint density at radius 3 is 2.68 bits per heavy atom. The van der Waals surface area contributed by atoms with Crippen LogP contribution in [0.4, 0.5) is 4.39 Å². The van der Waals surface area contributed by atoms with E-state index >= 15 is 0 Å². The van der Waals surface area contributed by atoms with Crippen LogP contribution in [-0.2, 0) is 7.05 Å². The van der Waals surface area contributed by atoms with Gasteiger partial charge in [0.2, 0.25) is 0 Å². The fourth-order valence-electron chi connectivity index (χ4n) is 4.19. The molecule has 0 bridgehead atoms. The van der Waals surface area contributed by atoms with Crippen molar-refractivity contribution in [2.75, 3.05) is 13.1 Å². The molecule has 1 aromatic heterocycles. The topological polar surface area (TPSA) is 77.0 Å². The van der Waals surface area contributed by atoms with Crippen molar-refractivity contribution >= 4 is 16.9 Å². The number of carbonyl (C=O) groups excluding carboxylic acids is 1. The number of rotatable bonds is 3. The van der Waals surface area contributed by atoms with Crippen LogP contribution in [-0.4, -0.2) is 44.9 Å². The molecule has 1 atom stereocenters. The average molecular weight is 415 g/mol. The van der Waals surface area contributed by atoms with Gasteiger partial charge in [-0.1, -0.05) is 29.5 Å². The Balaban J connectivity index is 1.63. The molecule has 2 heterocycles. The van der Waals surface area contributed by atoms with Crippen LogP contribution in [0.25, 0.3) is 33.3 Å². The number of nitrogens with zero attached hydrogens (tertiary/aromatic N) is 4. The largest absolute Gasteiger partial charge is 0.337 e. The van der Waals surface area contributed by atoms with Crippen molar-refractivity contribution < 1.29 is 9.18 Å². The van der Waals surface area contributed by atoms with Crippen molar-refractivity contribution in [1.29, 1.82) is 0 Å². The van der Waals surface area contributed by atoms with Gasteiger partial charge in [-0.3, -0.25) is 4.79 Å². The molecule has 0 saturated carbocycles. The first-order valence-electron chi connectivity index (χ1n) is 10.2. The summed E-state index contributed by atoms with van der Waals surface area (Å²) in [5.41, 5.74) is 11.6. The monoisotopic (exact) mass is 415 g/mol. The van der Waals surface area contributed by atoms with Crippen LogP contribution in [0.15, 0.2) is 60.7 Å². The smallest absolute Gasteiger partial charge is 0.253 e. The number of fused-ring (bicyclic) bond motifs is 1. The van der Waals surface area contributed by atoms with Gasteiger partial charge in [0.1, 0.15) is 11.3 Å². The predicted molar refractivity (Wildman–Crippen MR) is 118 cm³/mol. The number of benzene rings is 3. The third-order valence-electron chi connectivity index (χ3n) is 5.84. The van der Waals surface area contributed by atoms with E-state index in [-0.39, 0.29) is 17.8 Å². The third-order valence-corrected chi connectivity index (χ3v) is 5.84. The molecule has 156 valence electrons. The summed E-state index contributed by atoms with van der Waals surface area (Å²) in [5.74, 6) is -0.378. The number of hydrogen-bond donors (Lipinski definition) is 1. The van der Waals surface area contributed by atoms with Crippen LogP contribution < -0.4 is 5.73 Å². The Labute approximate surface area is 179 Å². The first-order chi connectivity index (χ1) is 15.0.